The van der Waals surface area contributed by atoms with Crippen molar-refractivity contribution in [3.8, 4) is 5.75 Å². The predicted molar refractivity (Wildman–Crippen MR) is 178 cm³/mol. The molecule has 8 heteroatoms. The molecule has 3 N–H and O–H groups in total. The number of rotatable bonds is 10. The third-order valence-corrected chi connectivity index (χ3v) is 7.92. The van der Waals surface area contributed by atoms with E-state index in [0.717, 1.165) is 21.2 Å². The number of thioether (sulfide) groups is 1. The molecule has 0 saturated carbocycles. The van der Waals surface area contributed by atoms with Crippen molar-refractivity contribution >= 4 is 57.7 Å². The molecular formula is C36H31N3O4S. The van der Waals surface area contributed by atoms with Crippen molar-refractivity contribution < 1.29 is 19.1 Å². The second-order valence-corrected chi connectivity index (χ2v) is 11.3. The van der Waals surface area contributed by atoms with Gasteiger partial charge in [0.25, 0.3) is 11.8 Å². The molecule has 3 amide bonds. The third-order valence-electron chi connectivity index (χ3n) is 6.81. The van der Waals surface area contributed by atoms with E-state index in [0.29, 0.717) is 22.7 Å². The van der Waals surface area contributed by atoms with Crippen LogP contribution in [-0.4, -0.2) is 30.1 Å². The van der Waals surface area contributed by atoms with Crippen LogP contribution in [0, 0.1) is 0 Å². The lowest BCUT2D eigenvalue weighted by atomic mass is 10.0. The first-order valence-corrected chi connectivity index (χ1v) is 14.9. The Balaban J connectivity index is 1.31. The highest BCUT2D eigenvalue weighted by Gasteiger charge is 2.18. The van der Waals surface area contributed by atoms with Gasteiger partial charge < -0.3 is 20.7 Å². The summed E-state index contributed by atoms with van der Waals surface area (Å²) in [6, 6.07) is 36.9. The van der Waals surface area contributed by atoms with Crippen LogP contribution >= 0.6 is 11.8 Å². The summed E-state index contributed by atoms with van der Waals surface area (Å²) in [6.07, 6.45) is 1.69. The van der Waals surface area contributed by atoms with E-state index in [4.69, 9.17) is 4.74 Å². The summed E-state index contributed by atoms with van der Waals surface area (Å²) in [5.74, 6) is -0.423. The van der Waals surface area contributed by atoms with Gasteiger partial charge in [0.1, 0.15) is 11.4 Å². The lowest BCUT2D eigenvalue weighted by Crippen LogP contribution is -2.30. The van der Waals surface area contributed by atoms with Gasteiger partial charge in [-0.05, 0) is 77.9 Å². The first kappa shape index (κ1) is 30.1. The summed E-state index contributed by atoms with van der Waals surface area (Å²) >= 11 is 1.39. The van der Waals surface area contributed by atoms with Crippen LogP contribution in [0.15, 0.2) is 132 Å². The van der Waals surface area contributed by atoms with Crippen molar-refractivity contribution in [2.24, 2.45) is 0 Å². The van der Waals surface area contributed by atoms with Gasteiger partial charge in [-0.3, -0.25) is 14.4 Å². The molecule has 7 nitrogen and oxygen atoms in total. The van der Waals surface area contributed by atoms with Crippen LogP contribution in [0.3, 0.4) is 0 Å². The molecular weight excluding hydrogens is 570 g/mol. The monoisotopic (exact) mass is 601 g/mol. The SMILES string of the molecule is COc1ccccc1NC(=O)C(C)Sc1ccc(NC(=O)/C(=C/c2cccc3ccccc23)NC(=O)c2ccccc2)cc1. The molecule has 0 aliphatic rings. The van der Waals surface area contributed by atoms with Crippen LogP contribution in [-0.2, 0) is 9.59 Å². The minimum absolute atomic E-state index is 0.107. The van der Waals surface area contributed by atoms with E-state index in [2.05, 4.69) is 16.0 Å². The topological polar surface area (TPSA) is 96.5 Å². The molecule has 44 heavy (non-hydrogen) atoms. The molecule has 0 heterocycles. The van der Waals surface area contributed by atoms with E-state index in [9.17, 15) is 14.4 Å². The van der Waals surface area contributed by atoms with Crippen LogP contribution in [0.1, 0.15) is 22.8 Å². The zero-order valence-electron chi connectivity index (χ0n) is 24.2. The number of fused-ring (bicyclic) bond motifs is 1. The molecule has 5 rings (SSSR count). The smallest absolute Gasteiger partial charge is 0.272 e. The molecule has 0 aromatic heterocycles. The molecule has 220 valence electrons. The number of anilines is 2. The molecule has 0 saturated heterocycles. The Bertz CT molecular complexity index is 1820. The van der Waals surface area contributed by atoms with E-state index in [-0.39, 0.29) is 22.8 Å². The highest BCUT2D eigenvalue weighted by Crippen LogP contribution is 2.28. The fraction of sp³-hybridized carbons (Fsp3) is 0.0833. The molecule has 0 fully saturated rings. The summed E-state index contributed by atoms with van der Waals surface area (Å²) in [5, 5.41) is 10.2. The summed E-state index contributed by atoms with van der Waals surface area (Å²) < 4.78 is 5.32. The van der Waals surface area contributed by atoms with Crippen molar-refractivity contribution in [3.05, 3.63) is 138 Å². The lowest BCUT2D eigenvalue weighted by Gasteiger charge is -2.15. The maximum Gasteiger partial charge on any atom is 0.272 e. The molecule has 5 aromatic carbocycles. The summed E-state index contributed by atoms with van der Waals surface area (Å²) in [4.78, 5) is 40.2. The summed E-state index contributed by atoms with van der Waals surface area (Å²) in [5.41, 5.74) is 2.50. The number of methoxy groups -OCH3 is 1. The average Bonchev–Trinajstić information content (AvgIpc) is 3.06. The van der Waals surface area contributed by atoms with Gasteiger partial charge in [0.05, 0.1) is 18.0 Å². The Labute approximate surface area is 260 Å². The van der Waals surface area contributed by atoms with Crippen LogP contribution in [0.4, 0.5) is 11.4 Å². The first-order valence-electron chi connectivity index (χ1n) is 14.0. The Morgan fingerprint density at radius 2 is 1.43 bits per heavy atom. The highest BCUT2D eigenvalue weighted by molar-refractivity contribution is 8.00. The Hall–Kier alpha value is -5.34. The molecule has 1 unspecified atom stereocenters. The fourth-order valence-corrected chi connectivity index (χ4v) is 5.40. The molecule has 1 atom stereocenters. The maximum atomic E-state index is 13.5. The number of hydrogen-bond donors (Lipinski definition) is 3. The average molecular weight is 602 g/mol. The Kier molecular flexibility index (Phi) is 9.74. The number of carbonyl (C=O) groups is 3. The third kappa shape index (κ3) is 7.53. The van der Waals surface area contributed by atoms with Gasteiger partial charge in [-0.25, -0.2) is 0 Å². The van der Waals surface area contributed by atoms with Crippen molar-refractivity contribution in [2.45, 2.75) is 17.1 Å². The number of para-hydroxylation sites is 2. The predicted octanol–water partition coefficient (Wildman–Crippen LogP) is 7.38. The van der Waals surface area contributed by atoms with Crippen molar-refractivity contribution in [3.63, 3.8) is 0 Å². The number of amides is 3. The zero-order valence-corrected chi connectivity index (χ0v) is 25.1. The van der Waals surface area contributed by atoms with Crippen molar-refractivity contribution in [2.75, 3.05) is 17.7 Å². The zero-order chi connectivity index (χ0) is 30.9. The van der Waals surface area contributed by atoms with E-state index in [1.54, 1.807) is 61.7 Å². The van der Waals surface area contributed by atoms with Crippen LogP contribution in [0.5, 0.6) is 5.75 Å². The van der Waals surface area contributed by atoms with Crippen LogP contribution in [0.25, 0.3) is 16.8 Å². The fourth-order valence-electron chi connectivity index (χ4n) is 4.53. The molecule has 5 aromatic rings. The van der Waals surface area contributed by atoms with Gasteiger partial charge in [0.15, 0.2) is 0 Å². The van der Waals surface area contributed by atoms with Gasteiger partial charge in [-0.15, -0.1) is 11.8 Å². The Morgan fingerprint density at radius 3 is 2.20 bits per heavy atom. The molecule has 0 bridgehead atoms. The second-order valence-electron chi connectivity index (χ2n) is 9.87. The number of benzene rings is 5. The Morgan fingerprint density at radius 1 is 0.750 bits per heavy atom. The molecule has 0 spiro atoms. The van der Waals surface area contributed by atoms with Gasteiger partial charge >= 0.3 is 0 Å². The van der Waals surface area contributed by atoms with Gasteiger partial charge in [-0.1, -0.05) is 72.8 Å². The highest BCUT2D eigenvalue weighted by atomic mass is 32.2. The van der Waals surface area contributed by atoms with Crippen molar-refractivity contribution in [1.29, 1.82) is 0 Å². The number of carbonyl (C=O) groups excluding carboxylic acids is 3. The molecule has 0 radical (unpaired) electrons. The molecule has 0 aliphatic carbocycles. The van der Waals surface area contributed by atoms with E-state index < -0.39 is 5.91 Å². The minimum atomic E-state index is -0.466. The van der Waals surface area contributed by atoms with Gasteiger partial charge in [0, 0.05) is 16.1 Å². The number of hydrogen-bond acceptors (Lipinski definition) is 5. The van der Waals surface area contributed by atoms with Crippen LogP contribution in [0.2, 0.25) is 0 Å². The van der Waals surface area contributed by atoms with Crippen molar-refractivity contribution in [1.82, 2.24) is 5.32 Å². The maximum absolute atomic E-state index is 13.5. The number of ether oxygens (including phenoxy) is 1. The standard InChI is InChI=1S/C36H31N3O4S/c1-24(34(40)38-31-17-8-9-18-33(31)43-2)44-29-21-19-28(20-22-29)37-36(42)32(39-35(41)26-12-4-3-5-13-26)23-27-15-10-14-25-11-6-7-16-30(25)27/h3-24H,1-2H3,(H,37,42)(H,38,40)(H,39,41)/b32-23-. The largest absolute Gasteiger partial charge is 0.495 e. The van der Waals surface area contributed by atoms with Gasteiger partial charge in [-0.2, -0.15) is 0 Å². The number of nitrogens with one attached hydrogen (secondary N) is 3. The molecule has 0 aliphatic heterocycles. The summed E-state index contributed by atoms with van der Waals surface area (Å²) in [7, 11) is 1.56. The summed E-state index contributed by atoms with van der Waals surface area (Å²) in [6.45, 7) is 1.82. The first-order chi connectivity index (χ1) is 21.4. The minimum Gasteiger partial charge on any atom is -0.495 e. The lowest BCUT2D eigenvalue weighted by molar-refractivity contribution is -0.115. The second kappa shape index (κ2) is 14.2. The normalized spacial score (nSPS) is 11.8. The quantitative estimate of drug-likeness (QED) is 0.115. The van der Waals surface area contributed by atoms with Gasteiger partial charge in [0.2, 0.25) is 5.91 Å². The van der Waals surface area contributed by atoms with Crippen LogP contribution < -0.4 is 20.7 Å². The van der Waals surface area contributed by atoms with E-state index in [1.807, 2.05) is 79.7 Å². The van der Waals surface area contributed by atoms with E-state index in [1.165, 1.54) is 11.8 Å². The van der Waals surface area contributed by atoms with E-state index >= 15 is 0 Å².